The number of alkyl halides is 2. The van der Waals surface area contributed by atoms with Gasteiger partial charge in [0.05, 0.1) is 13.5 Å². The van der Waals surface area contributed by atoms with E-state index < -0.39 is 0 Å². The van der Waals surface area contributed by atoms with Gasteiger partial charge in [-0.15, -0.1) is 0 Å². The summed E-state index contributed by atoms with van der Waals surface area (Å²) >= 11 is 9.14. The summed E-state index contributed by atoms with van der Waals surface area (Å²) in [5.41, 5.74) is 1.90. The van der Waals surface area contributed by atoms with E-state index in [2.05, 4.69) is 20.7 Å². The van der Waals surface area contributed by atoms with Crippen LogP contribution >= 0.6 is 27.5 Å². The number of carbonyl (C=O) groups excluding carboxylic acids is 1. The molecule has 1 aromatic rings. The molecule has 0 saturated heterocycles. The molecule has 88 valence electrons. The van der Waals surface area contributed by atoms with Crippen LogP contribution in [0.1, 0.15) is 5.56 Å². The zero-order valence-corrected chi connectivity index (χ0v) is 11.5. The van der Waals surface area contributed by atoms with Gasteiger partial charge < -0.3 is 9.64 Å². The number of esters is 1. The number of carbonyl (C=O) groups is 1. The monoisotopic (exact) mass is 305 g/mol. The first-order valence-corrected chi connectivity index (χ1v) is 6.06. The van der Waals surface area contributed by atoms with Gasteiger partial charge in [-0.2, -0.15) is 0 Å². The average Bonchev–Trinajstić information content (AvgIpc) is 2.28. The summed E-state index contributed by atoms with van der Waals surface area (Å²) in [7, 11) is 3.26. The highest BCUT2D eigenvalue weighted by Crippen LogP contribution is 2.21. The number of rotatable bonds is 4. The van der Waals surface area contributed by atoms with E-state index in [0.717, 1.165) is 11.3 Å². The molecule has 0 fully saturated rings. The first kappa shape index (κ1) is 13.3. The Morgan fingerprint density at radius 1 is 1.50 bits per heavy atom. The van der Waals surface area contributed by atoms with Crippen molar-refractivity contribution in [2.24, 2.45) is 0 Å². The molecule has 1 rings (SSSR count). The van der Waals surface area contributed by atoms with Crippen LogP contribution in [0.2, 0.25) is 0 Å². The molecule has 0 N–H and O–H groups in total. The van der Waals surface area contributed by atoms with Crippen LogP contribution < -0.4 is 4.90 Å². The van der Waals surface area contributed by atoms with Crippen molar-refractivity contribution in [3.05, 3.63) is 29.8 Å². The summed E-state index contributed by atoms with van der Waals surface area (Å²) in [5.74, 6) is -0.239. The van der Waals surface area contributed by atoms with E-state index in [1.807, 2.05) is 36.2 Å². The molecule has 0 saturated carbocycles. The van der Waals surface area contributed by atoms with Crippen molar-refractivity contribution >= 4 is 39.2 Å². The summed E-state index contributed by atoms with van der Waals surface area (Å²) in [4.78, 5) is 12.9. The summed E-state index contributed by atoms with van der Waals surface area (Å²) in [5, 5.41) is 0. The van der Waals surface area contributed by atoms with Crippen molar-refractivity contribution < 1.29 is 9.53 Å². The Balaban J connectivity index is 2.71. The van der Waals surface area contributed by atoms with Crippen LogP contribution in [0.5, 0.6) is 0 Å². The highest BCUT2D eigenvalue weighted by molar-refractivity contribution is 9.10. The third-order valence-corrected chi connectivity index (χ3v) is 3.12. The van der Waals surface area contributed by atoms with E-state index in [-0.39, 0.29) is 10.4 Å². The first-order valence-electron chi connectivity index (χ1n) is 4.71. The van der Waals surface area contributed by atoms with Gasteiger partial charge in [-0.05, 0) is 33.6 Å². The van der Waals surface area contributed by atoms with Crippen molar-refractivity contribution in [2.45, 2.75) is 10.8 Å². The topological polar surface area (TPSA) is 29.5 Å². The van der Waals surface area contributed by atoms with Gasteiger partial charge >= 0.3 is 5.97 Å². The van der Waals surface area contributed by atoms with Crippen molar-refractivity contribution in [2.75, 3.05) is 19.1 Å². The molecule has 0 heterocycles. The van der Waals surface area contributed by atoms with Gasteiger partial charge in [-0.25, -0.2) is 0 Å². The van der Waals surface area contributed by atoms with Gasteiger partial charge in [0.2, 0.25) is 0 Å². The molecule has 1 atom stereocenters. The SMILES string of the molecule is COC(=O)Cc1ccc(N(C)C(Cl)Br)cc1. The van der Waals surface area contributed by atoms with Crippen LogP contribution in [0.15, 0.2) is 24.3 Å². The van der Waals surface area contributed by atoms with E-state index in [1.54, 1.807) is 0 Å². The maximum Gasteiger partial charge on any atom is 0.309 e. The minimum atomic E-state index is -0.251. The average molecular weight is 307 g/mol. The molecule has 16 heavy (non-hydrogen) atoms. The number of ether oxygens (including phenoxy) is 1. The standard InChI is InChI=1S/C11H13BrClNO2/c1-14(11(12)13)9-5-3-8(4-6-9)7-10(15)16-2/h3-6,11H,7H2,1-2H3. The molecule has 5 heteroatoms. The number of nitrogens with zero attached hydrogens (tertiary/aromatic N) is 1. The fourth-order valence-corrected chi connectivity index (χ4v) is 1.55. The predicted molar refractivity (Wildman–Crippen MR) is 69.1 cm³/mol. The summed E-state index contributed by atoms with van der Waals surface area (Å²) in [6.45, 7) is 0. The molecule has 0 aliphatic carbocycles. The Kier molecular flexibility index (Phi) is 5.09. The lowest BCUT2D eigenvalue weighted by molar-refractivity contribution is -0.139. The lowest BCUT2D eigenvalue weighted by Gasteiger charge is -2.20. The summed E-state index contributed by atoms with van der Waals surface area (Å²) in [6, 6.07) is 7.59. The molecule has 1 aromatic carbocycles. The minimum Gasteiger partial charge on any atom is -0.469 e. The summed E-state index contributed by atoms with van der Waals surface area (Å²) in [6.07, 6.45) is 0.291. The fourth-order valence-electron chi connectivity index (χ4n) is 1.20. The van der Waals surface area contributed by atoms with Crippen LogP contribution in [0.4, 0.5) is 5.69 Å². The van der Waals surface area contributed by atoms with E-state index in [0.29, 0.717) is 6.42 Å². The van der Waals surface area contributed by atoms with E-state index in [9.17, 15) is 4.79 Å². The van der Waals surface area contributed by atoms with Gasteiger partial charge in [-0.1, -0.05) is 23.7 Å². The second-order valence-corrected chi connectivity index (χ2v) is 5.12. The third kappa shape index (κ3) is 3.68. The molecule has 0 spiro atoms. The minimum absolute atomic E-state index is 0.239. The first-order chi connectivity index (χ1) is 7.54. The predicted octanol–water partition coefficient (Wildman–Crippen LogP) is 2.76. The van der Waals surface area contributed by atoms with Crippen LogP contribution in [-0.4, -0.2) is 24.5 Å². The third-order valence-electron chi connectivity index (χ3n) is 2.21. The molecule has 0 aliphatic rings. The highest BCUT2D eigenvalue weighted by atomic mass is 79.9. The van der Waals surface area contributed by atoms with Crippen molar-refractivity contribution in [1.29, 1.82) is 0 Å². The smallest absolute Gasteiger partial charge is 0.309 e. The molecular formula is C11H13BrClNO2. The van der Waals surface area contributed by atoms with Gasteiger partial charge in [0, 0.05) is 12.7 Å². The molecular weight excluding hydrogens is 293 g/mol. The zero-order valence-electron chi connectivity index (χ0n) is 9.11. The molecule has 0 amide bonds. The molecule has 0 aromatic heterocycles. The fraction of sp³-hybridized carbons (Fsp3) is 0.364. The lowest BCUT2D eigenvalue weighted by Crippen LogP contribution is -2.20. The Morgan fingerprint density at radius 2 is 2.06 bits per heavy atom. The molecule has 0 radical (unpaired) electrons. The van der Waals surface area contributed by atoms with Gasteiger partial charge in [0.25, 0.3) is 0 Å². The number of anilines is 1. The van der Waals surface area contributed by atoms with Crippen LogP contribution in [-0.2, 0) is 16.0 Å². The number of halogens is 2. The Hall–Kier alpha value is -0.740. The Bertz CT molecular complexity index is 354. The number of hydrogen-bond donors (Lipinski definition) is 0. The van der Waals surface area contributed by atoms with E-state index in [1.165, 1.54) is 7.11 Å². The van der Waals surface area contributed by atoms with Crippen molar-refractivity contribution in [1.82, 2.24) is 0 Å². The van der Waals surface area contributed by atoms with Gasteiger partial charge in [0.1, 0.15) is 0 Å². The maximum absolute atomic E-state index is 11.0. The maximum atomic E-state index is 11.0. The highest BCUT2D eigenvalue weighted by Gasteiger charge is 2.08. The van der Waals surface area contributed by atoms with E-state index >= 15 is 0 Å². The number of methoxy groups -OCH3 is 1. The zero-order chi connectivity index (χ0) is 12.1. The Morgan fingerprint density at radius 3 is 2.50 bits per heavy atom. The number of hydrogen-bond acceptors (Lipinski definition) is 3. The second-order valence-electron chi connectivity index (χ2n) is 3.31. The van der Waals surface area contributed by atoms with Gasteiger partial charge in [-0.3, -0.25) is 4.79 Å². The lowest BCUT2D eigenvalue weighted by atomic mass is 10.1. The largest absolute Gasteiger partial charge is 0.469 e. The van der Waals surface area contributed by atoms with Crippen LogP contribution in [0.25, 0.3) is 0 Å². The van der Waals surface area contributed by atoms with Crippen molar-refractivity contribution in [3.8, 4) is 0 Å². The summed E-state index contributed by atoms with van der Waals surface area (Å²) < 4.78 is 4.34. The molecule has 0 bridgehead atoms. The van der Waals surface area contributed by atoms with Crippen LogP contribution in [0, 0.1) is 0 Å². The van der Waals surface area contributed by atoms with E-state index in [4.69, 9.17) is 11.6 Å². The normalized spacial score (nSPS) is 12.0. The van der Waals surface area contributed by atoms with Crippen molar-refractivity contribution in [3.63, 3.8) is 0 Å². The molecule has 1 unspecified atom stereocenters. The van der Waals surface area contributed by atoms with Gasteiger partial charge in [0.15, 0.2) is 4.41 Å². The molecule has 3 nitrogen and oxygen atoms in total. The number of benzene rings is 1. The molecule has 0 aliphatic heterocycles. The second kappa shape index (κ2) is 6.11. The quantitative estimate of drug-likeness (QED) is 0.487. The van der Waals surface area contributed by atoms with Crippen LogP contribution in [0.3, 0.4) is 0 Å². The Labute approximate surface area is 108 Å².